The van der Waals surface area contributed by atoms with Gasteiger partial charge in [-0.15, -0.1) is 0 Å². The quantitative estimate of drug-likeness (QED) is 0.0985. The van der Waals surface area contributed by atoms with Gasteiger partial charge in [-0.1, -0.05) is 43.7 Å². The highest BCUT2D eigenvalue weighted by molar-refractivity contribution is 8.00. The van der Waals surface area contributed by atoms with Crippen LogP contribution in [0.5, 0.6) is 5.75 Å². The van der Waals surface area contributed by atoms with Crippen molar-refractivity contribution in [1.29, 1.82) is 0 Å². The number of amides is 3. The Morgan fingerprint density at radius 2 is 1.84 bits per heavy atom. The first-order valence-electron chi connectivity index (χ1n) is 15.3. The highest BCUT2D eigenvalue weighted by Crippen LogP contribution is 2.33. The van der Waals surface area contributed by atoms with E-state index in [-0.39, 0.29) is 24.0 Å². The van der Waals surface area contributed by atoms with Crippen LogP contribution in [-0.4, -0.2) is 76.2 Å². The standard InChI is InChI=1S/C29H42ClN9O3S/c1-42-22-13-12-19(16-20(22)30)34-28-38-26(37-27(39-28)33-18-8-4-2-3-5-9-18)32-15-14-31-24(40)11-7-6-10-23-25-21(17-43-23)35-29(41)36-25/h12-13,16,18,21,23,25H,2-11,14-15,17H2,1H3,(H,31,40)(H2,35,36,41)(H3,32,33,34,37,38,39). The van der Waals surface area contributed by atoms with Gasteiger partial charge in [-0.2, -0.15) is 26.7 Å². The van der Waals surface area contributed by atoms with Crippen LogP contribution in [0.3, 0.4) is 0 Å². The topological polar surface area (TPSA) is 154 Å². The number of nitrogens with zero attached hydrogens (tertiary/aromatic N) is 3. The van der Waals surface area contributed by atoms with Gasteiger partial charge >= 0.3 is 6.03 Å². The Morgan fingerprint density at radius 3 is 2.63 bits per heavy atom. The second kappa shape index (κ2) is 15.5. The first-order chi connectivity index (χ1) is 21.0. The third-order valence-corrected chi connectivity index (χ3v) is 9.85. The van der Waals surface area contributed by atoms with E-state index in [9.17, 15) is 9.59 Å². The fourth-order valence-electron chi connectivity index (χ4n) is 5.79. The Balaban J connectivity index is 1.09. The van der Waals surface area contributed by atoms with Crippen LogP contribution in [0.1, 0.15) is 64.2 Å². The minimum Gasteiger partial charge on any atom is -0.495 e. The van der Waals surface area contributed by atoms with Crippen molar-refractivity contribution in [2.24, 2.45) is 0 Å². The number of rotatable bonds is 14. The maximum Gasteiger partial charge on any atom is 0.315 e. The average Bonchev–Trinajstić information content (AvgIpc) is 3.42. The molecule has 3 fully saturated rings. The first kappa shape index (κ1) is 31.2. The van der Waals surface area contributed by atoms with Gasteiger partial charge in [0.15, 0.2) is 0 Å². The predicted octanol–water partition coefficient (Wildman–Crippen LogP) is 4.67. The summed E-state index contributed by atoms with van der Waals surface area (Å²) >= 11 is 8.21. The van der Waals surface area contributed by atoms with E-state index in [1.165, 1.54) is 25.7 Å². The normalized spacial score (nSPS) is 21.7. The number of hydrogen-bond acceptors (Lipinski definition) is 10. The maximum atomic E-state index is 12.4. The summed E-state index contributed by atoms with van der Waals surface area (Å²) in [7, 11) is 1.58. The van der Waals surface area contributed by atoms with Crippen LogP contribution in [-0.2, 0) is 4.79 Å². The highest BCUT2D eigenvalue weighted by Gasteiger charge is 2.42. The number of halogens is 1. The van der Waals surface area contributed by atoms with Crippen molar-refractivity contribution < 1.29 is 14.3 Å². The molecule has 3 amide bonds. The van der Waals surface area contributed by atoms with Gasteiger partial charge in [0.25, 0.3) is 0 Å². The Hall–Kier alpha value is -3.19. The van der Waals surface area contributed by atoms with Crippen LogP contribution in [0.2, 0.25) is 5.02 Å². The smallest absolute Gasteiger partial charge is 0.315 e. The fraction of sp³-hybridized carbons (Fsp3) is 0.621. The number of ether oxygens (including phenoxy) is 1. The summed E-state index contributed by atoms with van der Waals surface area (Å²) in [6.45, 7) is 0.924. The predicted molar refractivity (Wildman–Crippen MR) is 172 cm³/mol. The van der Waals surface area contributed by atoms with E-state index in [1.54, 1.807) is 19.2 Å². The molecule has 1 aromatic heterocycles. The van der Waals surface area contributed by atoms with E-state index < -0.39 is 0 Å². The lowest BCUT2D eigenvalue weighted by atomic mass is 10.0. The monoisotopic (exact) mass is 631 g/mol. The molecule has 3 unspecified atom stereocenters. The van der Waals surface area contributed by atoms with E-state index in [1.807, 2.05) is 17.8 Å². The zero-order valence-corrected chi connectivity index (χ0v) is 26.2. The molecule has 12 nitrogen and oxygen atoms in total. The summed E-state index contributed by atoms with van der Waals surface area (Å²) in [5.41, 5.74) is 0.728. The van der Waals surface area contributed by atoms with Crippen molar-refractivity contribution in [3.05, 3.63) is 23.2 Å². The lowest BCUT2D eigenvalue weighted by Crippen LogP contribution is -2.36. The number of benzene rings is 1. The Morgan fingerprint density at radius 1 is 1.05 bits per heavy atom. The fourth-order valence-corrected chi connectivity index (χ4v) is 7.59. The van der Waals surface area contributed by atoms with Crippen LogP contribution < -0.4 is 36.6 Å². The Labute approximate surface area is 262 Å². The second-order valence-electron chi connectivity index (χ2n) is 11.3. The van der Waals surface area contributed by atoms with E-state index >= 15 is 0 Å². The molecule has 2 saturated heterocycles. The molecule has 0 radical (unpaired) electrons. The third kappa shape index (κ3) is 9.15. The number of unbranched alkanes of at least 4 members (excludes halogenated alkanes) is 1. The van der Waals surface area contributed by atoms with Crippen LogP contribution in [0.15, 0.2) is 18.2 Å². The van der Waals surface area contributed by atoms with Crippen molar-refractivity contribution in [2.75, 3.05) is 41.9 Å². The van der Waals surface area contributed by atoms with Gasteiger partial charge in [0, 0.05) is 42.2 Å². The molecule has 1 saturated carbocycles. The summed E-state index contributed by atoms with van der Waals surface area (Å²) in [6, 6.07) is 6.10. The van der Waals surface area contributed by atoms with Crippen molar-refractivity contribution in [3.8, 4) is 5.75 Å². The summed E-state index contributed by atoms with van der Waals surface area (Å²) < 4.78 is 5.25. The lowest BCUT2D eigenvalue weighted by molar-refractivity contribution is -0.121. The molecule has 3 aliphatic rings. The summed E-state index contributed by atoms with van der Waals surface area (Å²) in [5.74, 6) is 2.89. The Bertz CT molecular complexity index is 1250. The zero-order valence-electron chi connectivity index (χ0n) is 24.6. The molecule has 6 N–H and O–H groups in total. The van der Waals surface area contributed by atoms with E-state index in [0.29, 0.717) is 59.4 Å². The molecule has 2 aliphatic heterocycles. The van der Waals surface area contributed by atoms with Crippen LogP contribution in [0.4, 0.5) is 28.3 Å². The lowest BCUT2D eigenvalue weighted by Gasteiger charge is -2.17. The first-order valence-corrected chi connectivity index (χ1v) is 16.7. The summed E-state index contributed by atoms with van der Waals surface area (Å²) in [4.78, 5) is 37.8. The molecule has 3 atom stereocenters. The molecular weight excluding hydrogens is 590 g/mol. The largest absolute Gasteiger partial charge is 0.495 e. The van der Waals surface area contributed by atoms with Crippen LogP contribution >= 0.6 is 23.4 Å². The zero-order chi connectivity index (χ0) is 30.0. The molecule has 43 heavy (non-hydrogen) atoms. The van der Waals surface area contributed by atoms with E-state index in [0.717, 1.165) is 43.5 Å². The van der Waals surface area contributed by atoms with Crippen molar-refractivity contribution >= 4 is 58.8 Å². The molecule has 0 spiro atoms. The molecule has 0 bridgehead atoms. The minimum atomic E-state index is -0.0628. The molecule has 1 aliphatic carbocycles. The SMILES string of the molecule is COc1ccc(Nc2nc(NCCNC(=O)CCCCC3SCC4NC(=O)NC43)nc(NC3CCCCCC3)n2)cc1Cl. The highest BCUT2D eigenvalue weighted by atomic mass is 35.5. The van der Waals surface area contributed by atoms with Crippen molar-refractivity contribution in [2.45, 2.75) is 87.6 Å². The maximum absolute atomic E-state index is 12.4. The molecule has 2 aromatic rings. The number of nitrogens with one attached hydrogen (secondary N) is 6. The summed E-state index contributed by atoms with van der Waals surface area (Å²) in [6.07, 6.45) is 10.3. The number of hydrogen-bond donors (Lipinski definition) is 6. The van der Waals surface area contributed by atoms with E-state index in [2.05, 4.69) is 46.9 Å². The number of urea groups is 1. The molecule has 5 rings (SSSR count). The number of aromatic nitrogens is 3. The van der Waals surface area contributed by atoms with Crippen LogP contribution in [0.25, 0.3) is 0 Å². The second-order valence-corrected chi connectivity index (χ2v) is 12.9. The van der Waals surface area contributed by atoms with Crippen molar-refractivity contribution in [3.63, 3.8) is 0 Å². The van der Waals surface area contributed by atoms with Gasteiger partial charge in [-0.05, 0) is 43.9 Å². The molecule has 1 aromatic carbocycles. The average molecular weight is 632 g/mol. The number of thioether (sulfide) groups is 1. The van der Waals surface area contributed by atoms with Gasteiger partial charge in [-0.3, -0.25) is 4.79 Å². The summed E-state index contributed by atoms with van der Waals surface area (Å²) in [5, 5.41) is 19.8. The number of methoxy groups -OCH3 is 1. The Kier molecular flexibility index (Phi) is 11.3. The number of anilines is 4. The molecule has 234 valence electrons. The van der Waals surface area contributed by atoms with E-state index in [4.69, 9.17) is 16.3 Å². The van der Waals surface area contributed by atoms with Gasteiger partial charge in [0.1, 0.15) is 5.75 Å². The van der Waals surface area contributed by atoms with Gasteiger partial charge in [-0.25, -0.2) is 4.79 Å². The van der Waals surface area contributed by atoms with Crippen molar-refractivity contribution in [1.82, 2.24) is 30.9 Å². The van der Waals surface area contributed by atoms with Gasteiger partial charge in [0.05, 0.1) is 24.2 Å². The van der Waals surface area contributed by atoms with Crippen LogP contribution in [0, 0.1) is 0 Å². The van der Waals surface area contributed by atoms with Gasteiger partial charge in [0.2, 0.25) is 23.8 Å². The number of carbonyl (C=O) groups is 2. The molecule has 3 heterocycles. The van der Waals surface area contributed by atoms with Gasteiger partial charge < -0.3 is 36.6 Å². The minimum absolute atomic E-state index is 0.0275. The number of fused-ring (bicyclic) bond motifs is 1. The molecule has 14 heteroatoms. The third-order valence-electron chi connectivity index (χ3n) is 8.04. The number of carbonyl (C=O) groups excluding carboxylic acids is 2. The molecular formula is C29H42ClN9O3S.